The van der Waals surface area contributed by atoms with Gasteiger partial charge in [0.25, 0.3) is 0 Å². The largest absolute Gasteiger partial charge is 0.336 e. The fourth-order valence-electron chi connectivity index (χ4n) is 3.75. The maximum atomic E-state index is 11.7. The predicted molar refractivity (Wildman–Crippen MR) is 114 cm³/mol. The van der Waals surface area contributed by atoms with Gasteiger partial charge in [-0.3, -0.25) is 9.48 Å². The van der Waals surface area contributed by atoms with Crippen molar-refractivity contribution >= 4 is 28.7 Å². The number of hydrogen-bond acceptors (Lipinski definition) is 6. The summed E-state index contributed by atoms with van der Waals surface area (Å²) in [5, 5.41) is 13.7. The van der Waals surface area contributed by atoms with Crippen LogP contribution in [0.5, 0.6) is 0 Å². The van der Waals surface area contributed by atoms with E-state index in [1.165, 1.54) is 0 Å². The Kier molecular flexibility index (Phi) is 4.27. The van der Waals surface area contributed by atoms with E-state index >= 15 is 0 Å². The van der Waals surface area contributed by atoms with E-state index in [9.17, 15) is 9.70 Å². The Bertz CT molecular complexity index is 1290. The van der Waals surface area contributed by atoms with Crippen molar-refractivity contribution in [2.24, 2.45) is 5.18 Å². The molecule has 5 rings (SSSR count). The molecule has 9 heteroatoms. The third-order valence-corrected chi connectivity index (χ3v) is 5.20. The van der Waals surface area contributed by atoms with Gasteiger partial charge in [-0.25, -0.2) is 4.98 Å². The smallest absolute Gasteiger partial charge is 0.228 e. The molecule has 1 aliphatic rings. The molecule has 0 bridgehead atoms. The lowest BCUT2D eigenvalue weighted by Gasteiger charge is -2.10. The van der Waals surface area contributed by atoms with Crippen molar-refractivity contribution in [3.8, 4) is 11.1 Å². The number of carbonyl (C=O) groups is 1. The molecule has 9 nitrogen and oxygen atoms in total. The van der Waals surface area contributed by atoms with Gasteiger partial charge in [0.2, 0.25) is 5.91 Å². The number of hydrogen-bond donors (Lipinski definition) is 2. The number of rotatable bonds is 6. The molecule has 0 saturated carbocycles. The van der Waals surface area contributed by atoms with E-state index in [1.807, 2.05) is 54.0 Å². The molecule has 1 amide bonds. The predicted octanol–water partition coefficient (Wildman–Crippen LogP) is 3.51. The fourth-order valence-corrected chi connectivity index (χ4v) is 3.75. The van der Waals surface area contributed by atoms with Crippen LogP contribution in [0.1, 0.15) is 11.3 Å². The van der Waals surface area contributed by atoms with Gasteiger partial charge in [0, 0.05) is 41.6 Å². The van der Waals surface area contributed by atoms with Crippen LogP contribution in [-0.4, -0.2) is 31.6 Å². The lowest BCUT2D eigenvalue weighted by atomic mass is 10.0. The molecule has 0 radical (unpaired) electrons. The molecule has 150 valence electrons. The number of nitrogens with one attached hydrogen (secondary N) is 2. The van der Waals surface area contributed by atoms with Crippen LogP contribution in [0.2, 0.25) is 0 Å². The van der Waals surface area contributed by atoms with Gasteiger partial charge in [0.05, 0.1) is 18.7 Å². The number of aryl methyl sites for hydroxylation is 1. The minimum Gasteiger partial charge on any atom is -0.336 e. The van der Waals surface area contributed by atoms with Gasteiger partial charge in [-0.15, -0.1) is 0 Å². The second-order valence-corrected chi connectivity index (χ2v) is 7.27. The van der Waals surface area contributed by atoms with Gasteiger partial charge in [-0.1, -0.05) is 17.3 Å². The molecule has 1 aromatic carbocycles. The number of amides is 1. The van der Waals surface area contributed by atoms with Crippen LogP contribution in [0.25, 0.3) is 16.8 Å². The molecular formula is C21H19N7O2. The first-order chi connectivity index (χ1) is 14.6. The Morgan fingerprint density at radius 1 is 1.23 bits per heavy atom. The van der Waals surface area contributed by atoms with Crippen molar-refractivity contribution in [3.63, 3.8) is 0 Å². The maximum absolute atomic E-state index is 11.7. The second kappa shape index (κ2) is 7.11. The summed E-state index contributed by atoms with van der Waals surface area (Å²) in [7, 11) is 0. The van der Waals surface area contributed by atoms with Gasteiger partial charge in [-0.05, 0) is 30.2 Å². The van der Waals surface area contributed by atoms with Crippen molar-refractivity contribution in [1.29, 1.82) is 0 Å². The van der Waals surface area contributed by atoms with Crippen LogP contribution in [0.4, 0.5) is 17.2 Å². The molecule has 4 heterocycles. The highest BCUT2D eigenvalue weighted by atomic mass is 16.3. The number of fused-ring (bicyclic) bond motifs is 2. The van der Waals surface area contributed by atoms with Gasteiger partial charge in [0.15, 0.2) is 11.5 Å². The molecular weight excluding hydrogens is 382 g/mol. The summed E-state index contributed by atoms with van der Waals surface area (Å²) in [6, 6.07) is 9.93. The molecule has 0 aliphatic carbocycles. The summed E-state index contributed by atoms with van der Waals surface area (Å²) >= 11 is 0. The molecule has 30 heavy (non-hydrogen) atoms. The maximum Gasteiger partial charge on any atom is 0.228 e. The van der Waals surface area contributed by atoms with Crippen LogP contribution < -0.4 is 10.6 Å². The van der Waals surface area contributed by atoms with E-state index in [0.29, 0.717) is 18.8 Å². The van der Waals surface area contributed by atoms with Gasteiger partial charge in [-0.2, -0.15) is 10.0 Å². The summed E-state index contributed by atoms with van der Waals surface area (Å²) in [5.74, 6) is 0.687. The SMILES string of the molecule is Cc1cc(Nc2cc(-c3ccc4c(c3)NC(=O)C4)cn3ccnc23)nn1CCN=O. The van der Waals surface area contributed by atoms with Crippen LogP contribution in [-0.2, 0) is 17.8 Å². The van der Waals surface area contributed by atoms with E-state index in [1.54, 1.807) is 10.9 Å². The number of nitrogens with zero attached hydrogens (tertiary/aromatic N) is 5. The number of imidazole rings is 1. The van der Waals surface area contributed by atoms with Crippen molar-refractivity contribution in [2.75, 3.05) is 17.2 Å². The molecule has 4 aromatic rings. The van der Waals surface area contributed by atoms with Crippen LogP contribution in [0.3, 0.4) is 0 Å². The summed E-state index contributed by atoms with van der Waals surface area (Å²) in [4.78, 5) is 26.5. The molecule has 0 unspecified atom stereocenters. The average molecular weight is 401 g/mol. The highest BCUT2D eigenvalue weighted by Gasteiger charge is 2.18. The summed E-state index contributed by atoms with van der Waals surface area (Å²) in [5.41, 5.74) is 6.36. The highest BCUT2D eigenvalue weighted by Crippen LogP contribution is 2.32. The summed E-state index contributed by atoms with van der Waals surface area (Å²) < 4.78 is 3.70. The van der Waals surface area contributed by atoms with Crippen LogP contribution in [0, 0.1) is 11.8 Å². The van der Waals surface area contributed by atoms with Crippen LogP contribution in [0.15, 0.2) is 54.1 Å². The number of pyridine rings is 1. The minimum absolute atomic E-state index is 0.0188. The van der Waals surface area contributed by atoms with Gasteiger partial charge < -0.3 is 15.0 Å². The topological polar surface area (TPSA) is 106 Å². The Morgan fingerprint density at radius 2 is 2.13 bits per heavy atom. The van der Waals surface area contributed by atoms with Gasteiger partial charge in [0.1, 0.15) is 6.54 Å². The lowest BCUT2D eigenvalue weighted by Crippen LogP contribution is -2.05. The van der Waals surface area contributed by atoms with E-state index in [4.69, 9.17) is 0 Å². The van der Waals surface area contributed by atoms with E-state index < -0.39 is 0 Å². The number of aromatic nitrogens is 4. The standard InChI is InChI=1S/C21H19N7O2/c1-13-8-19(26-28(13)7-5-23-30)24-18-10-16(12-27-6-4-22-21(18)27)14-2-3-15-11-20(29)25-17(15)9-14/h2-4,6,8-10,12H,5,7,11H2,1H3,(H,24,26)(H,25,29). The summed E-state index contributed by atoms with van der Waals surface area (Å²) in [6.07, 6.45) is 6.06. The van der Waals surface area contributed by atoms with E-state index in [2.05, 4.69) is 25.9 Å². The lowest BCUT2D eigenvalue weighted by molar-refractivity contribution is -0.115. The zero-order valence-corrected chi connectivity index (χ0v) is 16.3. The van der Waals surface area contributed by atoms with Crippen molar-refractivity contribution in [3.05, 3.63) is 65.1 Å². The molecule has 0 saturated heterocycles. The molecule has 1 aliphatic heterocycles. The number of anilines is 3. The molecule has 0 spiro atoms. The highest BCUT2D eigenvalue weighted by molar-refractivity contribution is 6.00. The third kappa shape index (κ3) is 3.20. The molecule has 2 N–H and O–H groups in total. The summed E-state index contributed by atoms with van der Waals surface area (Å²) in [6.45, 7) is 2.55. The Hall–Kier alpha value is -4.01. The third-order valence-electron chi connectivity index (χ3n) is 5.20. The minimum atomic E-state index is 0.0188. The average Bonchev–Trinajstić information content (AvgIpc) is 3.43. The molecule has 0 fully saturated rings. The zero-order valence-electron chi connectivity index (χ0n) is 16.3. The number of nitroso groups, excluding NO2 is 1. The Morgan fingerprint density at radius 3 is 3.00 bits per heavy atom. The number of carbonyl (C=O) groups excluding carboxylic acids is 1. The first kappa shape index (κ1) is 18.0. The number of benzene rings is 1. The van der Waals surface area contributed by atoms with Crippen molar-refractivity contribution in [1.82, 2.24) is 19.2 Å². The first-order valence-electron chi connectivity index (χ1n) is 9.61. The Balaban J connectivity index is 1.52. The monoisotopic (exact) mass is 401 g/mol. The van der Waals surface area contributed by atoms with Crippen LogP contribution >= 0.6 is 0 Å². The molecule has 0 atom stereocenters. The van der Waals surface area contributed by atoms with E-state index in [-0.39, 0.29) is 12.5 Å². The zero-order chi connectivity index (χ0) is 20.7. The fraction of sp³-hybridized carbons (Fsp3) is 0.190. The quantitative estimate of drug-likeness (QED) is 0.481. The Labute approximate surface area is 171 Å². The van der Waals surface area contributed by atoms with E-state index in [0.717, 1.165) is 39.4 Å². The van der Waals surface area contributed by atoms with Crippen molar-refractivity contribution < 1.29 is 4.79 Å². The first-order valence-corrected chi connectivity index (χ1v) is 9.61. The second-order valence-electron chi connectivity index (χ2n) is 7.27. The molecule has 3 aromatic heterocycles. The van der Waals surface area contributed by atoms with Gasteiger partial charge >= 0.3 is 0 Å². The normalized spacial score (nSPS) is 12.8. The van der Waals surface area contributed by atoms with Crippen molar-refractivity contribution in [2.45, 2.75) is 19.9 Å².